The van der Waals surface area contributed by atoms with Crippen molar-refractivity contribution in [2.45, 2.75) is 58.7 Å². The van der Waals surface area contributed by atoms with Crippen LogP contribution < -0.4 is 0 Å². The fourth-order valence-corrected chi connectivity index (χ4v) is 3.65. The van der Waals surface area contributed by atoms with E-state index in [4.69, 9.17) is 5.11 Å². The zero-order chi connectivity index (χ0) is 15.3. The molecule has 0 bridgehead atoms. The SMILES string of the molecule is CC(C)c1nnc(SCC(=O)O)n1C1C(C)(C)C1(C)C. The molecule has 0 aliphatic heterocycles. The number of carbonyl (C=O) groups is 1. The molecular weight excluding hydrogens is 274 g/mol. The number of nitrogens with zero attached hydrogens (tertiary/aromatic N) is 3. The van der Waals surface area contributed by atoms with Crippen LogP contribution >= 0.6 is 11.8 Å². The Morgan fingerprint density at radius 1 is 1.30 bits per heavy atom. The monoisotopic (exact) mass is 297 g/mol. The van der Waals surface area contributed by atoms with Crippen LogP contribution in [0.25, 0.3) is 0 Å². The second-order valence-corrected chi connectivity index (χ2v) is 7.84. The van der Waals surface area contributed by atoms with Crippen LogP contribution in [0.4, 0.5) is 0 Å². The molecule has 2 rings (SSSR count). The van der Waals surface area contributed by atoms with Gasteiger partial charge >= 0.3 is 5.97 Å². The number of hydrogen-bond donors (Lipinski definition) is 1. The maximum Gasteiger partial charge on any atom is 0.313 e. The number of aromatic nitrogens is 3. The van der Waals surface area contributed by atoms with Crippen LogP contribution in [0, 0.1) is 10.8 Å². The van der Waals surface area contributed by atoms with Gasteiger partial charge < -0.3 is 9.67 Å². The number of thioether (sulfide) groups is 1. The predicted molar refractivity (Wildman–Crippen MR) is 79.1 cm³/mol. The normalized spacial score (nSPS) is 20.4. The Labute approximate surface area is 124 Å². The minimum atomic E-state index is -0.829. The predicted octanol–water partition coefficient (Wildman–Crippen LogP) is 3.19. The molecule has 0 saturated heterocycles. The minimum absolute atomic E-state index is 0.0177. The summed E-state index contributed by atoms with van der Waals surface area (Å²) in [6.07, 6.45) is 0. The van der Waals surface area contributed by atoms with Crippen molar-refractivity contribution >= 4 is 17.7 Å². The molecule has 0 amide bonds. The Morgan fingerprint density at radius 2 is 1.85 bits per heavy atom. The summed E-state index contributed by atoms with van der Waals surface area (Å²) in [6.45, 7) is 13.2. The van der Waals surface area contributed by atoms with Crippen molar-refractivity contribution in [1.82, 2.24) is 14.8 Å². The maximum atomic E-state index is 10.8. The molecule has 1 fully saturated rings. The van der Waals surface area contributed by atoms with Gasteiger partial charge in [0.1, 0.15) is 5.82 Å². The van der Waals surface area contributed by atoms with Crippen LogP contribution in [-0.4, -0.2) is 31.6 Å². The van der Waals surface area contributed by atoms with E-state index in [0.29, 0.717) is 6.04 Å². The molecule has 0 atom stereocenters. The van der Waals surface area contributed by atoms with Gasteiger partial charge in [-0.3, -0.25) is 4.79 Å². The average Bonchev–Trinajstić information content (AvgIpc) is 2.63. The van der Waals surface area contributed by atoms with Crippen LogP contribution in [0.3, 0.4) is 0 Å². The lowest BCUT2D eigenvalue weighted by molar-refractivity contribution is -0.133. The van der Waals surface area contributed by atoms with Gasteiger partial charge in [-0.15, -0.1) is 10.2 Å². The summed E-state index contributed by atoms with van der Waals surface area (Å²) in [5.74, 6) is 0.407. The first-order chi connectivity index (χ1) is 9.10. The van der Waals surface area contributed by atoms with Gasteiger partial charge in [0.2, 0.25) is 0 Å². The van der Waals surface area contributed by atoms with Gasteiger partial charge in [0, 0.05) is 12.0 Å². The number of carboxylic acids is 1. The Balaban J connectivity index is 2.39. The minimum Gasteiger partial charge on any atom is -0.481 e. The average molecular weight is 297 g/mol. The molecule has 6 heteroatoms. The van der Waals surface area contributed by atoms with Crippen molar-refractivity contribution in [2.75, 3.05) is 5.75 Å². The highest BCUT2D eigenvalue weighted by Crippen LogP contribution is 2.72. The molecule has 0 unspecified atom stereocenters. The summed E-state index contributed by atoms with van der Waals surface area (Å²) in [5.41, 5.74) is 0.328. The highest BCUT2D eigenvalue weighted by atomic mass is 32.2. The topological polar surface area (TPSA) is 68.0 Å². The summed E-state index contributed by atoms with van der Waals surface area (Å²) in [4.78, 5) is 10.8. The van der Waals surface area contributed by atoms with E-state index >= 15 is 0 Å². The van der Waals surface area contributed by atoms with Gasteiger partial charge in [0.25, 0.3) is 0 Å². The summed E-state index contributed by atoms with van der Waals surface area (Å²) in [6, 6.07) is 0.318. The van der Waals surface area contributed by atoms with Crippen molar-refractivity contribution in [1.29, 1.82) is 0 Å². The number of hydrogen-bond acceptors (Lipinski definition) is 4. The molecule has 1 aromatic heterocycles. The Kier molecular flexibility index (Phi) is 3.65. The number of aliphatic carboxylic acids is 1. The first-order valence-corrected chi connectivity index (χ1v) is 7.88. The highest BCUT2D eigenvalue weighted by Gasteiger charge is 2.67. The Hall–Kier alpha value is -1.04. The molecule has 0 radical (unpaired) electrons. The van der Waals surface area contributed by atoms with E-state index < -0.39 is 5.97 Å². The van der Waals surface area contributed by atoms with Crippen LogP contribution in [0.2, 0.25) is 0 Å². The lowest BCUT2D eigenvalue weighted by atomic mass is 10.0. The van der Waals surface area contributed by atoms with E-state index in [0.717, 1.165) is 11.0 Å². The van der Waals surface area contributed by atoms with Crippen LogP contribution in [0.1, 0.15) is 59.3 Å². The summed E-state index contributed by atoms with van der Waals surface area (Å²) in [7, 11) is 0. The van der Waals surface area contributed by atoms with E-state index in [9.17, 15) is 4.79 Å². The molecule has 1 aromatic rings. The number of carboxylic acid groups (broad SMARTS) is 1. The van der Waals surface area contributed by atoms with Crippen molar-refractivity contribution in [3.8, 4) is 0 Å². The third-order valence-corrected chi connectivity index (χ3v) is 5.66. The zero-order valence-corrected chi connectivity index (χ0v) is 13.8. The van der Waals surface area contributed by atoms with Crippen molar-refractivity contribution in [3.05, 3.63) is 5.82 Å². The third-order valence-electron chi connectivity index (χ3n) is 4.73. The number of rotatable bonds is 5. The molecule has 20 heavy (non-hydrogen) atoms. The molecule has 1 heterocycles. The summed E-state index contributed by atoms with van der Waals surface area (Å²) < 4.78 is 2.16. The van der Waals surface area contributed by atoms with Gasteiger partial charge in [-0.2, -0.15) is 0 Å². The largest absolute Gasteiger partial charge is 0.481 e. The van der Waals surface area contributed by atoms with Gasteiger partial charge in [-0.1, -0.05) is 53.3 Å². The van der Waals surface area contributed by atoms with Gasteiger partial charge in [-0.05, 0) is 10.8 Å². The molecule has 0 aromatic carbocycles. The first-order valence-electron chi connectivity index (χ1n) is 6.90. The Morgan fingerprint density at radius 3 is 2.25 bits per heavy atom. The molecule has 112 valence electrons. The second-order valence-electron chi connectivity index (χ2n) is 6.89. The summed E-state index contributed by atoms with van der Waals surface area (Å²) >= 11 is 1.25. The van der Waals surface area contributed by atoms with E-state index in [1.54, 1.807) is 0 Å². The smallest absolute Gasteiger partial charge is 0.313 e. The molecule has 1 N–H and O–H groups in total. The third kappa shape index (κ3) is 2.24. The van der Waals surface area contributed by atoms with Gasteiger partial charge in [-0.25, -0.2) is 0 Å². The zero-order valence-electron chi connectivity index (χ0n) is 13.0. The van der Waals surface area contributed by atoms with Gasteiger partial charge in [0.05, 0.1) is 5.75 Å². The summed E-state index contributed by atoms with van der Waals surface area (Å²) in [5, 5.41) is 18.1. The fraction of sp³-hybridized carbons (Fsp3) is 0.786. The molecule has 5 nitrogen and oxygen atoms in total. The molecule has 1 aliphatic rings. The first kappa shape index (κ1) is 15.4. The fourth-order valence-electron chi connectivity index (χ4n) is 2.96. The molecule has 0 spiro atoms. The molecule has 1 saturated carbocycles. The second kappa shape index (κ2) is 4.76. The highest BCUT2D eigenvalue weighted by molar-refractivity contribution is 7.99. The van der Waals surface area contributed by atoms with Crippen LogP contribution in [-0.2, 0) is 4.79 Å². The lowest BCUT2D eigenvalue weighted by Gasteiger charge is -2.13. The Bertz CT molecular complexity index is 521. The van der Waals surface area contributed by atoms with Crippen LogP contribution in [0.15, 0.2) is 5.16 Å². The lowest BCUT2D eigenvalue weighted by Crippen LogP contribution is -2.10. The quantitative estimate of drug-likeness (QED) is 0.845. The van der Waals surface area contributed by atoms with E-state index in [1.807, 2.05) is 0 Å². The van der Waals surface area contributed by atoms with E-state index in [2.05, 4.69) is 56.3 Å². The van der Waals surface area contributed by atoms with E-state index in [-0.39, 0.29) is 22.5 Å². The van der Waals surface area contributed by atoms with E-state index in [1.165, 1.54) is 11.8 Å². The van der Waals surface area contributed by atoms with Crippen molar-refractivity contribution in [2.24, 2.45) is 10.8 Å². The molecule has 1 aliphatic carbocycles. The maximum absolute atomic E-state index is 10.8. The standard InChI is InChI=1S/C14H23N3O2S/c1-8(2)10-15-16-12(20-7-9(18)19)17(10)11-13(3,4)14(11,5)6/h8,11H,7H2,1-6H3,(H,18,19). The van der Waals surface area contributed by atoms with Crippen LogP contribution in [0.5, 0.6) is 0 Å². The molecular formula is C14H23N3O2S. The van der Waals surface area contributed by atoms with Crippen molar-refractivity contribution in [3.63, 3.8) is 0 Å². The van der Waals surface area contributed by atoms with Crippen molar-refractivity contribution < 1.29 is 9.90 Å². The van der Waals surface area contributed by atoms with Gasteiger partial charge in [0.15, 0.2) is 5.16 Å².